The Morgan fingerprint density at radius 1 is 1.34 bits per heavy atom. The van der Waals surface area contributed by atoms with Crippen molar-refractivity contribution in [2.75, 3.05) is 6.61 Å². The van der Waals surface area contributed by atoms with Crippen LogP contribution in [-0.2, 0) is 4.79 Å². The van der Waals surface area contributed by atoms with E-state index in [4.69, 9.17) is 22.1 Å². The van der Waals surface area contributed by atoms with Crippen LogP contribution in [0.5, 0.6) is 5.75 Å². The van der Waals surface area contributed by atoms with Crippen molar-refractivity contribution in [2.45, 2.75) is 51.0 Å². The van der Waals surface area contributed by atoms with Crippen molar-refractivity contribution in [1.29, 1.82) is 0 Å². The van der Waals surface area contributed by atoms with Crippen LogP contribution in [0.1, 0.15) is 50.5 Å². The van der Waals surface area contributed by atoms with Gasteiger partial charge in [-0.15, -0.1) is 0 Å². The highest BCUT2D eigenvalue weighted by atomic mass is 35.5. The summed E-state index contributed by atoms with van der Waals surface area (Å²) in [5, 5.41) is 8.31. The molecule has 1 atom stereocenters. The molecule has 0 bridgehead atoms. The minimum atomic E-state index is -0.545. The van der Waals surface area contributed by atoms with Gasteiger partial charge in [-0.3, -0.25) is 4.79 Å². The first-order valence-corrected chi connectivity index (χ1v) is 10.2. The molecule has 0 radical (unpaired) electrons. The number of hydrogen-bond donors (Lipinski definition) is 4. The highest BCUT2D eigenvalue weighted by Gasteiger charge is 2.25. The minimum absolute atomic E-state index is 0.0139. The maximum Gasteiger partial charge on any atom is 0.323 e. The Morgan fingerprint density at radius 3 is 2.79 bits per heavy atom. The molecule has 0 unspecified atom stereocenters. The van der Waals surface area contributed by atoms with Crippen molar-refractivity contribution in [3.05, 3.63) is 52.5 Å². The van der Waals surface area contributed by atoms with E-state index >= 15 is 0 Å². The van der Waals surface area contributed by atoms with Gasteiger partial charge in [0.15, 0.2) is 0 Å². The average molecular weight is 419 g/mol. The fourth-order valence-electron chi connectivity index (χ4n) is 3.68. The molecule has 1 aromatic carbocycles. The number of carbonyl (C=O) groups is 2. The van der Waals surface area contributed by atoms with Gasteiger partial charge in [-0.25, -0.2) is 4.79 Å². The van der Waals surface area contributed by atoms with E-state index in [1.54, 1.807) is 0 Å². The molecule has 1 aromatic rings. The third-order valence-corrected chi connectivity index (χ3v) is 5.44. The van der Waals surface area contributed by atoms with Gasteiger partial charge < -0.3 is 26.4 Å². The number of nitrogens with one attached hydrogen (secondary N) is 3. The van der Waals surface area contributed by atoms with Gasteiger partial charge in [0.25, 0.3) is 5.91 Å². The van der Waals surface area contributed by atoms with Crippen molar-refractivity contribution in [3.63, 3.8) is 0 Å². The van der Waals surface area contributed by atoms with Crippen molar-refractivity contribution in [3.8, 4) is 5.75 Å². The average Bonchev–Trinajstić information content (AvgIpc) is 2.70. The lowest BCUT2D eigenvalue weighted by atomic mass is 9.84. The van der Waals surface area contributed by atoms with E-state index in [1.807, 2.05) is 25.1 Å². The lowest BCUT2D eigenvalue weighted by Crippen LogP contribution is -2.49. The standard InChI is InChI=1S/C21H27ClN4O3/c1-12(24-20(27)19-18(23)13(2)25-21(28)26-19)11-29-17-9-8-15(22)10-16(17)14-6-4-3-5-7-14/h8-10,12,14H,2-7,11,23H2,1H3,(H,24,27)(H2,25,26,28)/t12-/m1/s1. The molecule has 1 aliphatic carbocycles. The predicted octanol–water partition coefficient (Wildman–Crippen LogP) is 3.27. The predicted molar refractivity (Wildman–Crippen MR) is 112 cm³/mol. The molecule has 1 heterocycles. The van der Waals surface area contributed by atoms with Gasteiger partial charge in [0.05, 0.1) is 17.4 Å². The Hall–Kier alpha value is -2.67. The van der Waals surface area contributed by atoms with Gasteiger partial charge in [0, 0.05) is 5.02 Å². The van der Waals surface area contributed by atoms with Crippen LogP contribution >= 0.6 is 11.6 Å². The summed E-state index contributed by atoms with van der Waals surface area (Å²) in [5.74, 6) is 0.756. The molecule has 5 N–H and O–H groups in total. The number of ether oxygens (including phenoxy) is 1. The van der Waals surface area contributed by atoms with Crippen molar-refractivity contribution in [2.24, 2.45) is 5.73 Å². The second-order valence-electron chi connectivity index (χ2n) is 7.55. The second-order valence-corrected chi connectivity index (χ2v) is 7.99. The quantitative estimate of drug-likeness (QED) is 0.568. The zero-order valence-electron chi connectivity index (χ0n) is 16.5. The fraction of sp³-hybridized carbons (Fsp3) is 0.429. The summed E-state index contributed by atoms with van der Waals surface area (Å²) in [5.41, 5.74) is 7.26. The van der Waals surface area contributed by atoms with Crippen molar-refractivity contribution >= 4 is 23.5 Å². The molecule has 3 rings (SSSR count). The Bertz CT molecular complexity index is 846. The first kappa shape index (κ1) is 21.0. The van der Waals surface area contributed by atoms with Crippen LogP contribution in [0.15, 0.2) is 41.9 Å². The first-order chi connectivity index (χ1) is 13.8. The third-order valence-electron chi connectivity index (χ3n) is 5.21. The van der Waals surface area contributed by atoms with Gasteiger partial charge in [-0.2, -0.15) is 0 Å². The first-order valence-electron chi connectivity index (χ1n) is 9.85. The van der Waals surface area contributed by atoms with Crippen molar-refractivity contribution < 1.29 is 14.3 Å². The summed E-state index contributed by atoms with van der Waals surface area (Å²) >= 11 is 6.21. The summed E-state index contributed by atoms with van der Waals surface area (Å²) in [6, 6.07) is 4.83. The van der Waals surface area contributed by atoms with Crippen LogP contribution in [0.4, 0.5) is 4.79 Å². The number of benzene rings is 1. The van der Waals surface area contributed by atoms with Gasteiger partial charge in [-0.1, -0.05) is 37.4 Å². The molecule has 8 heteroatoms. The van der Waals surface area contributed by atoms with Crippen LogP contribution in [-0.4, -0.2) is 24.6 Å². The van der Waals surface area contributed by atoms with Crippen LogP contribution in [0.2, 0.25) is 5.02 Å². The van der Waals surface area contributed by atoms with E-state index in [9.17, 15) is 9.59 Å². The molecule has 0 aromatic heterocycles. The summed E-state index contributed by atoms with van der Waals surface area (Å²) in [6.07, 6.45) is 5.97. The fourth-order valence-corrected chi connectivity index (χ4v) is 3.86. The zero-order valence-corrected chi connectivity index (χ0v) is 17.3. The molecular weight excluding hydrogens is 392 g/mol. The van der Waals surface area contributed by atoms with Crippen LogP contribution < -0.4 is 26.4 Å². The normalized spacial score (nSPS) is 18.7. The number of hydrogen-bond acceptors (Lipinski definition) is 4. The molecule has 2 aliphatic rings. The highest BCUT2D eigenvalue weighted by Crippen LogP contribution is 2.38. The summed E-state index contributed by atoms with van der Waals surface area (Å²) in [7, 11) is 0. The van der Waals surface area contributed by atoms with E-state index in [-0.39, 0.29) is 29.7 Å². The SMILES string of the molecule is C=C1NC(=O)NC(C(=O)N[C@H](C)COc2ccc(Cl)cc2C2CCCCC2)=C1N. The monoisotopic (exact) mass is 418 g/mol. The maximum atomic E-state index is 12.5. The molecule has 29 heavy (non-hydrogen) atoms. The lowest BCUT2D eigenvalue weighted by Gasteiger charge is -2.25. The van der Waals surface area contributed by atoms with Gasteiger partial charge >= 0.3 is 6.03 Å². The second kappa shape index (κ2) is 9.22. The van der Waals surface area contributed by atoms with Gasteiger partial charge in [0.2, 0.25) is 0 Å². The molecule has 0 spiro atoms. The molecule has 3 amide bonds. The minimum Gasteiger partial charge on any atom is -0.491 e. The van der Waals surface area contributed by atoms with E-state index in [0.29, 0.717) is 10.9 Å². The molecule has 7 nitrogen and oxygen atoms in total. The molecule has 0 saturated heterocycles. The molecule has 1 fully saturated rings. The lowest BCUT2D eigenvalue weighted by molar-refractivity contribution is -0.118. The van der Waals surface area contributed by atoms with Crippen molar-refractivity contribution in [1.82, 2.24) is 16.0 Å². The molecule has 1 aliphatic heterocycles. The maximum absolute atomic E-state index is 12.5. The van der Waals surface area contributed by atoms with E-state index in [1.165, 1.54) is 19.3 Å². The Kier molecular flexibility index (Phi) is 6.69. The number of carbonyl (C=O) groups excluding carboxylic acids is 2. The van der Waals surface area contributed by atoms with E-state index in [0.717, 1.165) is 24.2 Å². The Labute approximate surface area is 175 Å². The number of urea groups is 1. The van der Waals surface area contributed by atoms with Gasteiger partial charge in [-0.05, 0) is 49.4 Å². The topological polar surface area (TPSA) is 105 Å². The molecular formula is C21H27ClN4O3. The molecule has 1 saturated carbocycles. The smallest absolute Gasteiger partial charge is 0.323 e. The Balaban J connectivity index is 1.63. The number of amides is 3. The summed E-state index contributed by atoms with van der Waals surface area (Å²) in [6.45, 7) is 5.72. The van der Waals surface area contributed by atoms with Gasteiger partial charge in [0.1, 0.15) is 18.1 Å². The van der Waals surface area contributed by atoms with E-state index < -0.39 is 11.9 Å². The Morgan fingerprint density at radius 2 is 2.07 bits per heavy atom. The molecule has 156 valence electrons. The third kappa shape index (κ3) is 5.23. The van der Waals surface area contributed by atoms with E-state index in [2.05, 4.69) is 22.5 Å². The zero-order chi connectivity index (χ0) is 21.0. The number of rotatable bonds is 6. The van der Waals surface area contributed by atoms with Crippen LogP contribution in [0, 0.1) is 0 Å². The van der Waals surface area contributed by atoms with Crippen LogP contribution in [0.3, 0.4) is 0 Å². The number of nitrogens with two attached hydrogens (primary N) is 1. The number of halogens is 1. The summed E-state index contributed by atoms with van der Waals surface area (Å²) in [4.78, 5) is 24.0. The highest BCUT2D eigenvalue weighted by molar-refractivity contribution is 6.30. The largest absolute Gasteiger partial charge is 0.491 e. The summed E-state index contributed by atoms with van der Waals surface area (Å²) < 4.78 is 6.03. The van der Waals surface area contributed by atoms with Crippen LogP contribution in [0.25, 0.3) is 0 Å².